The molecule has 0 saturated carbocycles. The van der Waals surface area contributed by atoms with Gasteiger partial charge >= 0.3 is 0 Å². The molecule has 1 aliphatic heterocycles. The topological polar surface area (TPSA) is 58.4 Å². The van der Waals surface area contributed by atoms with E-state index in [9.17, 15) is 8.42 Å². The monoisotopic (exact) mass is 586 g/mol. The highest BCUT2D eigenvalue weighted by atomic mass is 127. The highest BCUT2D eigenvalue weighted by Gasteiger charge is 2.25. The molecule has 0 spiro atoms. The van der Waals surface area contributed by atoms with Crippen molar-refractivity contribution in [2.24, 2.45) is 0 Å². The van der Waals surface area contributed by atoms with Crippen LogP contribution in [-0.4, -0.2) is 60.4 Å². The van der Waals surface area contributed by atoms with Gasteiger partial charge in [-0.05, 0) is 65.9 Å². The maximum Gasteiger partial charge on any atom is 0.269 e. The molecule has 0 atom stereocenters. The zero-order valence-corrected chi connectivity index (χ0v) is 22.3. The summed E-state index contributed by atoms with van der Waals surface area (Å²) in [5.74, 6) is 0. The summed E-state index contributed by atoms with van der Waals surface area (Å²) in [6.07, 6.45) is 1.77. The predicted octanol–water partition coefficient (Wildman–Crippen LogP) is 4.60. The molecule has 2 aromatic carbocycles. The van der Waals surface area contributed by atoms with Crippen molar-refractivity contribution in [3.05, 3.63) is 81.7 Å². The van der Waals surface area contributed by atoms with Gasteiger partial charge < -0.3 is 4.90 Å². The minimum absolute atomic E-state index is 0.258. The van der Waals surface area contributed by atoms with Crippen LogP contribution in [-0.2, 0) is 16.6 Å². The van der Waals surface area contributed by atoms with Crippen LogP contribution in [0.25, 0.3) is 22.2 Å². The molecular weight excluding hydrogens is 559 g/mol. The summed E-state index contributed by atoms with van der Waals surface area (Å²) >= 11 is 2.22. The van der Waals surface area contributed by atoms with Gasteiger partial charge in [0.2, 0.25) is 0 Å². The van der Waals surface area contributed by atoms with Gasteiger partial charge in [0.05, 0.1) is 4.90 Å². The normalized spacial score (nSPS) is 15.7. The number of hydrogen-bond acceptors (Lipinski definition) is 5. The van der Waals surface area contributed by atoms with E-state index in [1.165, 1.54) is 9.54 Å². The third kappa shape index (κ3) is 4.39. The maximum atomic E-state index is 13.4. The van der Waals surface area contributed by atoms with E-state index >= 15 is 0 Å². The minimum atomic E-state index is -3.73. The third-order valence-electron chi connectivity index (χ3n) is 6.49. The average molecular weight is 586 g/mol. The molecule has 0 aliphatic carbocycles. The van der Waals surface area contributed by atoms with Gasteiger partial charge in [-0.3, -0.25) is 4.90 Å². The van der Waals surface area contributed by atoms with E-state index in [1.54, 1.807) is 30.5 Å². The number of piperazine rings is 1. The second-order valence-electron chi connectivity index (χ2n) is 8.85. The van der Waals surface area contributed by atoms with Crippen LogP contribution in [0.1, 0.15) is 11.3 Å². The first-order valence-electron chi connectivity index (χ1n) is 11.3. The van der Waals surface area contributed by atoms with Crippen LogP contribution in [0.4, 0.5) is 0 Å². The molecule has 3 heterocycles. The van der Waals surface area contributed by atoms with E-state index in [2.05, 4.69) is 68.7 Å². The van der Waals surface area contributed by atoms with Gasteiger partial charge in [-0.25, -0.2) is 17.4 Å². The summed E-state index contributed by atoms with van der Waals surface area (Å²) < 4.78 is 29.0. The molecule has 2 aromatic heterocycles. The molecule has 1 fully saturated rings. The number of benzene rings is 2. The maximum absolute atomic E-state index is 13.4. The van der Waals surface area contributed by atoms with Crippen LogP contribution in [0, 0.1) is 10.5 Å². The van der Waals surface area contributed by atoms with Crippen LogP contribution in [0.15, 0.2) is 71.8 Å². The number of likely N-dealkylation sites (N-methyl/N-ethyl adjacent to an activating group) is 1. The van der Waals surface area contributed by atoms with Crippen molar-refractivity contribution in [3.63, 3.8) is 0 Å². The highest BCUT2D eigenvalue weighted by molar-refractivity contribution is 14.1. The zero-order valence-electron chi connectivity index (χ0n) is 19.3. The molecule has 0 amide bonds. The summed E-state index contributed by atoms with van der Waals surface area (Å²) in [6, 6.07) is 19.2. The standard InChI is InChI=1S/C26H27IN4O2S/c1-19-25(27)24-16-22(17-28-26(24)31(19)34(32,33)23-6-4-3-5-7-23)21-10-8-20(9-11-21)18-30-14-12-29(2)13-15-30/h3-11,16-17H,12-15,18H2,1-2H3. The molecule has 0 bridgehead atoms. The van der Waals surface area contributed by atoms with Crippen molar-refractivity contribution in [1.82, 2.24) is 18.8 Å². The van der Waals surface area contributed by atoms with Crippen LogP contribution >= 0.6 is 22.6 Å². The van der Waals surface area contributed by atoms with E-state index in [0.717, 1.165) is 52.8 Å². The Morgan fingerprint density at radius 1 is 0.941 bits per heavy atom. The molecule has 8 heteroatoms. The summed E-state index contributed by atoms with van der Waals surface area (Å²) in [5.41, 5.74) is 4.48. The Bertz CT molecular complexity index is 1430. The molecule has 6 nitrogen and oxygen atoms in total. The van der Waals surface area contributed by atoms with Gasteiger partial charge in [-0.15, -0.1) is 0 Å². The number of nitrogens with zero attached hydrogens (tertiary/aromatic N) is 4. The van der Waals surface area contributed by atoms with Crippen molar-refractivity contribution in [1.29, 1.82) is 0 Å². The fourth-order valence-electron chi connectivity index (χ4n) is 4.44. The van der Waals surface area contributed by atoms with Gasteiger partial charge in [0, 0.05) is 59.1 Å². The fraction of sp³-hybridized carbons (Fsp3) is 0.269. The SMILES string of the molecule is Cc1c(I)c2cc(-c3ccc(CN4CCN(C)CC4)cc3)cnc2n1S(=O)(=O)c1ccccc1. The number of hydrogen-bond donors (Lipinski definition) is 0. The van der Waals surface area contributed by atoms with Crippen molar-refractivity contribution < 1.29 is 8.42 Å². The van der Waals surface area contributed by atoms with Crippen LogP contribution in [0.5, 0.6) is 0 Å². The van der Waals surface area contributed by atoms with Crippen molar-refractivity contribution in [2.45, 2.75) is 18.4 Å². The lowest BCUT2D eigenvalue weighted by atomic mass is 10.0. The Balaban J connectivity index is 1.46. The van der Waals surface area contributed by atoms with Crippen LogP contribution in [0.3, 0.4) is 0 Å². The summed E-state index contributed by atoms with van der Waals surface area (Å²) in [6.45, 7) is 7.21. The Labute approximate surface area is 214 Å². The Morgan fingerprint density at radius 3 is 2.29 bits per heavy atom. The lowest BCUT2D eigenvalue weighted by Gasteiger charge is -2.32. The van der Waals surface area contributed by atoms with Crippen molar-refractivity contribution in [2.75, 3.05) is 33.2 Å². The zero-order chi connectivity index (χ0) is 23.9. The molecule has 0 radical (unpaired) electrons. The summed E-state index contributed by atoms with van der Waals surface area (Å²) in [7, 11) is -1.56. The molecule has 176 valence electrons. The Kier molecular flexibility index (Phi) is 6.49. The van der Waals surface area contributed by atoms with E-state index in [0.29, 0.717) is 11.3 Å². The number of rotatable bonds is 5. The smallest absolute Gasteiger partial charge is 0.269 e. The van der Waals surface area contributed by atoms with Gasteiger partial charge in [-0.1, -0.05) is 42.5 Å². The molecule has 34 heavy (non-hydrogen) atoms. The van der Waals surface area contributed by atoms with E-state index in [4.69, 9.17) is 0 Å². The fourth-order valence-corrected chi connectivity index (χ4v) is 6.78. The number of pyridine rings is 1. The summed E-state index contributed by atoms with van der Waals surface area (Å²) in [4.78, 5) is 9.73. The Morgan fingerprint density at radius 2 is 1.62 bits per heavy atom. The first kappa shape index (κ1) is 23.5. The lowest BCUT2D eigenvalue weighted by molar-refractivity contribution is 0.148. The number of aromatic nitrogens is 2. The second-order valence-corrected chi connectivity index (χ2v) is 11.7. The molecule has 0 N–H and O–H groups in total. The second kappa shape index (κ2) is 9.41. The molecule has 5 rings (SSSR count). The van der Waals surface area contributed by atoms with E-state index in [1.807, 2.05) is 19.1 Å². The van der Waals surface area contributed by atoms with E-state index < -0.39 is 10.0 Å². The summed E-state index contributed by atoms with van der Waals surface area (Å²) in [5, 5.41) is 0.844. The van der Waals surface area contributed by atoms with Gasteiger partial charge in [0.15, 0.2) is 5.65 Å². The van der Waals surface area contributed by atoms with Crippen LogP contribution < -0.4 is 0 Å². The molecule has 4 aromatic rings. The van der Waals surface area contributed by atoms with Gasteiger partial charge in [0.1, 0.15) is 0 Å². The van der Waals surface area contributed by atoms with E-state index in [-0.39, 0.29) is 4.90 Å². The van der Waals surface area contributed by atoms with Gasteiger partial charge in [-0.2, -0.15) is 0 Å². The van der Waals surface area contributed by atoms with Gasteiger partial charge in [0.25, 0.3) is 10.0 Å². The molecule has 1 saturated heterocycles. The van der Waals surface area contributed by atoms with Crippen molar-refractivity contribution in [3.8, 4) is 11.1 Å². The largest absolute Gasteiger partial charge is 0.304 e. The molecule has 1 aliphatic rings. The predicted molar refractivity (Wildman–Crippen MR) is 144 cm³/mol. The first-order chi connectivity index (χ1) is 16.3. The minimum Gasteiger partial charge on any atom is -0.304 e. The molecule has 0 unspecified atom stereocenters. The number of fused-ring (bicyclic) bond motifs is 1. The Hall–Kier alpha value is -2.27. The number of halogens is 1. The van der Waals surface area contributed by atoms with Crippen molar-refractivity contribution >= 4 is 43.6 Å². The quantitative estimate of drug-likeness (QED) is 0.320. The third-order valence-corrected chi connectivity index (χ3v) is 9.65. The van der Waals surface area contributed by atoms with Crippen LogP contribution in [0.2, 0.25) is 0 Å². The molecular formula is C26H27IN4O2S. The first-order valence-corrected chi connectivity index (χ1v) is 13.8. The average Bonchev–Trinajstić information content (AvgIpc) is 3.11. The lowest BCUT2D eigenvalue weighted by Crippen LogP contribution is -2.43. The highest BCUT2D eigenvalue weighted by Crippen LogP contribution is 2.32.